The molecule has 3 aromatic rings. The molecule has 4 rings (SSSR count). The minimum absolute atomic E-state index is 0.00174. The minimum atomic E-state index is -4.80. The normalized spacial score (nSPS) is 13.8. The van der Waals surface area contributed by atoms with Crippen molar-refractivity contribution in [2.75, 3.05) is 13.3 Å². The lowest BCUT2D eigenvalue weighted by atomic mass is 9.98. The van der Waals surface area contributed by atoms with Gasteiger partial charge in [-0.2, -0.15) is 26.3 Å². The van der Waals surface area contributed by atoms with Crippen molar-refractivity contribution >= 4 is 6.03 Å². The molecule has 1 atom stereocenters. The maximum absolute atomic E-state index is 13.6. The topological polar surface area (TPSA) is 72.5 Å². The highest BCUT2D eigenvalue weighted by molar-refractivity contribution is 5.75. The van der Waals surface area contributed by atoms with Crippen LogP contribution in [0, 0.1) is 0 Å². The fourth-order valence-corrected chi connectivity index (χ4v) is 3.66. The summed E-state index contributed by atoms with van der Waals surface area (Å²) in [6.07, 6.45) is -7.94. The summed E-state index contributed by atoms with van der Waals surface area (Å²) in [4.78, 5) is 16.4. The number of nitrogens with zero attached hydrogens (tertiary/aromatic N) is 1. The van der Waals surface area contributed by atoms with E-state index >= 15 is 0 Å². The van der Waals surface area contributed by atoms with E-state index in [-0.39, 0.29) is 18.9 Å². The highest BCUT2D eigenvalue weighted by Crippen LogP contribution is 2.36. The summed E-state index contributed by atoms with van der Waals surface area (Å²) >= 11 is 0. The number of nitrogens with one attached hydrogen (secondary N) is 2. The number of alkyl halides is 6. The van der Waals surface area contributed by atoms with Crippen LogP contribution in [0.5, 0.6) is 11.5 Å². The molecular weight excluding hydrogens is 492 g/mol. The standard InChI is InChI=1S/C24H19F6N3O3/c25-23(26,27)16-6-4-15(5-7-16)20(21-17(24(28,29)30)2-1-10-31-21)33-22(34)32-11-9-14-3-8-18-19(12-14)36-13-35-18/h1-8,10,12,20H,9,11,13H2,(H2,32,33,34). The van der Waals surface area contributed by atoms with Crippen LogP contribution >= 0.6 is 0 Å². The second kappa shape index (κ2) is 9.96. The number of pyridine rings is 1. The summed E-state index contributed by atoms with van der Waals surface area (Å²) in [6.45, 7) is 0.234. The molecule has 2 amide bonds. The molecule has 0 aliphatic carbocycles. The Morgan fingerprint density at radius 3 is 2.36 bits per heavy atom. The van der Waals surface area contributed by atoms with Gasteiger partial charge in [0, 0.05) is 12.7 Å². The van der Waals surface area contributed by atoms with Crippen LogP contribution in [0.15, 0.2) is 60.8 Å². The van der Waals surface area contributed by atoms with Crippen LogP contribution in [0.3, 0.4) is 0 Å². The molecule has 36 heavy (non-hydrogen) atoms. The summed E-state index contributed by atoms with van der Waals surface area (Å²) in [6, 6.07) is 8.33. The Balaban J connectivity index is 1.52. The van der Waals surface area contributed by atoms with Gasteiger partial charge in [0.15, 0.2) is 11.5 Å². The van der Waals surface area contributed by atoms with Crippen molar-refractivity contribution in [3.05, 3.63) is 88.7 Å². The van der Waals surface area contributed by atoms with Gasteiger partial charge in [-0.1, -0.05) is 18.2 Å². The lowest BCUT2D eigenvalue weighted by Gasteiger charge is -2.23. The zero-order chi connectivity index (χ0) is 25.9. The number of carbonyl (C=O) groups is 1. The SMILES string of the molecule is O=C(NCCc1ccc2c(c1)OCO2)NC(c1ccc(C(F)(F)F)cc1)c1ncccc1C(F)(F)F. The zero-order valence-corrected chi connectivity index (χ0v) is 18.4. The molecule has 0 fully saturated rings. The molecule has 6 nitrogen and oxygen atoms in total. The van der Waals surface area contributed by atoms with Crippen LogP contribution in [-0.4, -0.2) is 24.4 Å². The molecule has 0 spiro atoms. The van der Waals surface area contributed by atoms with Gasteiger partial charge >= 0.3 is 18.4 Å². The van der Waals surface area contributed by atoms with E-state index in [0.717, 1.165) is 48.2 Å². The molecule has 0 radical (unpaired) electrons. The van der Waals surface area contributed by atoms with Crippen molar-refractivity contribution in [3.63, 3.8) is 0 Å². The van der Waals surface area contributed by atoms with E-state index in [1.54, 1.807) is 18.2 Å². The molecule has 2 N–H and O–H groups in total. The molecule has 1 unspecified atom stereocenters. The van der Waals surface area contributed by atoms with Crippen molar-refractivity contribution in [3.8, 4) is 11.5 Å². The Kier molecular flexibility index (Phi) is 6.95. The number of carbonyl (C=O) groups excluding carboxylic acids is 1. The first-order valence-electron chi connectivity index (χ1n) is 10.6. The fraction of sp³-hybridized carbons (Fsp3) is 0.250. The lowest BCUT2D eigenvalue weighted by molar-refractivity contribution is -0.139. The van der Waals surface area contributed by atoms with Gasteiger partial charge in [0.05, 0.1) is 22.9 Å². The van der Waals surface area contributed by atoms with Gasteiger partial charge in [0.2, 0.25) is 6.79 Å². The molecule has 1 aromatic heterocycles. The monoisotopic (exact) mass is 511 g/mol. The average Bonchev–Trinajstić information content (AvgIpc) is 3.30. The third-order valence-corrected chi connectivity index (χ3v) is 5.40. The van der Waals surface area contributed by atoms with Gasteiger partial charge in [0.1, 0.15) is 0 Å². The van der Waals surface area contributed by atoms with Crippen molar-refractivity contribution in [2.45, 2.75) is 24.8 Å². The van der Waals surface area contributed by atoms with Gasteiger partial charge < -0.3 is 20.1 Å². The number of fused-ring (bicyclic) bond motifs is 1. The first kappa shape index (κ1) is 25.1. The zero-order valence-electron chi connectivity index (χ0n) is 18.4. The van der Waals surface area contributed by atoms with Crippen LogP contribution in [-0.2, 0) is 18.8 Å². The Hall–Kier alpha value is -3.96. The molecule has 12 heteroatoms. The summed E-state index contributed by atoms with van der Waals surface area (Å²) in [5.74, 6) is 1.16. The number of hydrogen-bond donors (Lipinski definition) is 2. The number of ether oxygens (including phenoxy) is 2. The summed E-state index contributed by atoms with van der Waals surface area (Å²) < 4.78 is 90.3. The number of benzene rings is 2. The molecule has 190 valence electrons. The first-order valence-corrected chi connectivity index (χ1v) is 10.6. The van der Waals surface area contributed by atoms with E-state index in [1.165, 1.54) is 0 Å². The van der Waals surface area contributed by atoms with Crippen LogP contribution < -0.4 is 20.1 Å². The van der Waals surface area contributed by atoms with Crippen LogP contribution in [0.2, 0.25) is 0 Å². The first-order chi connectivity index (χ1) is 17.0. The average molecular weight is 511 g/mol. The molecule has 0 saturated carbocycles. The Morgan fingerprint density at radius 1 is 0.944 bits per heavy atom. The number of amides is 2. The second-order valence-corrected chi connectivity index (χ2v) is 7.82. The van der Waals surface area contributed by atoms with E-state index in [1.807, 2.05) is 0 Å². The Bertz CT molecular complexity index is 1230. The largest absolute Gasteiger partial charge is 0.454 e. The van der Waals surface area contributed by atoms with Crippen molar-refractivity contribution in [1.29, 1.82) is 0 Å². The fourth-order valence-electron chi connectivity index (χ4n) is 3.66. The maximum atomic E-state index is 13.6. The number of aromatic nitrogens is 1. The van der Waals surface area contributed by atoms with E-state index in [4.69, 9.17) is 9.47 Å². The predicted octanol–water partition coefficient (Wildman–Crippen LogP) is 5.48. The highest BCUT2D eigenvalue weighted by atomic mass is 19.4. The molecule has 1 aliphatic heterocycles. The molecule has 2 aromatic carbocycles. The van der Waals surface area contributed by atoms with Crippen LogP contribution in [0.4, 0.5) is 31.1 Å². The van der Waals surface area contributed by atoms with Gasteiger partial charge in [-0.25, -0.2) is 4.79 Å². The van der Waals surface area contributed by atoms with E-state index in [9.17, 15) is 31.1 Å². The molecule has 1 aliphatic rings. The van der Waals surface area contributed by atoms with Gasteiger partial charge in [-0.15, -0.1) is 0 Å². The molecule has 0 saturated heterocycles. The quantitative estimate of drug-likeness (QED) is 0.430. The smallest absolute Gasteiger partial charge is 0.418 e. The lowest BCUT2D eigenvalue weighted by Crippen LogP contribution is -2.40. The summed E-state index contributed by atoms with van der Waals surface area (Å²) in [7, 11) is 0. The van der Waals surface area contributed by atoms with Crippen LogP contribution in [0.1, 0.15) is 34.0 Å². The third-order valence-electron chi connectivity index (χ3n) is 5.40. The van der Waals surface area contributed by atoms with Crippen molar-refractivity contribution in [2.24, 2.45) is 0 Å². The summed E-state index contributed by atoms with van der Waals surface area (Å²) in [5, 5.41) is 4.96. The molecule has 0 bridgehead atoms. The van der Waals surface area contributed by atoms with Gasteiger partial charge in [0.25, 0.3) is 0 Å². The van der Waals surface area contributed by atoms with Gasteiger partial charge in [-0.05, 0) is 53.9 Å². The Morgan fingerprint density at radius 2 is 1.67 bits per heavy atom. The van der Waals surface area contributed by atoms with Gasteiger partial charge in [-0.3, -0.25) is 4.98 Å². The number of halogens is 6. The van der Waals surface area contributed by atoms with Crippen molar-refractivity contribution < 1.29 is 40.6 Å². The molecular formula is C24H19F6N3O3. The maximum Gasteiger partial charge on any atom is 0.418 e. The second-order valence-electron chi connectivity index (χ2n) is 7.82. The van der Waals surface area contributed by atoms with E-state index in [2.05, 4.69) is 15.6 Å². The minimum Gasteiger partial charge on any atom is -0.454 e. The highest BCUT2D eigenvalue weighted by Gasteiger charge is 2.37. The number of rotatable bonds is 6. The van der Waals surface area contributed by atoms with E-state index in [0.29, 0.717) is 17.9 Å². The van der Waals surface area contributed by atoms with E-state index < -0.39 is 41.2 Å². The number of hydrogen-bond acceptors (Lipinski definition) is 4. The van der Waals surface area contributed by atoms with Crippen molar-refractivity contribution in [1.82, 2.24) is 15.6 Å². The number of urea groups is 1. The van der Waals surface area contributed by atoms with Crippen LogP contribution in [0.25, 0.3) is 0 Å². The Labute approximate surface area is 201 Å². The molecule has 2 heterocycles. The third kappa shape index (κ3) is 5.81. The predicted molar refractivity (Wildman–Crippen MR) is 115 cm³/mol. The summed E-state index contributed by atoms with van der Waals surface area (Å²) in [5.41, 5.74) is -1.82.